The fraction of sp³-hybridized carbons (Fsp3) is 0.0769. The predicted octanol–water partition coefficient (Wildman–Crippen LogP) is 3.31. The molecule has 0 atom stereocenters. The summed E-state index contributed by atoms with van der Waals surface area (Å²) in [5.41, 5.74) is 2.56. The van der Waals surface area contributed by atoms with Crippen LogP contribution in [0.25, 0.3) is 16.0 Å². The Bertz CT molecular complexity index is 526. The van der Waals surface area contributed by atoms with Crippen LogP contribution in [0.4, 0.5) is 5.69 Å². The Morgan fingerprint density at radius 3 is 2.56 bits per heavy atom. The maximum atomic E-state index is 6.89. The molecular formula is C13H10N2O. The largest absolute Gasteiger partial charge is 0.481 e. The highest BCUT2D eigenvalue weighted by Crippen LogP contribution is 2.28. The molecule has 78 valence electrons. The summed E-state index contributed by atoms with van der Waals surface area (Å²) in [6.07, 6.45) is 1.69. The number of nitrogens with zero attached hydrogens (tertiary/aromatic N) is 2. The van der Waals surface area contributed by atoms with Crippen molar-refractivity contribution in [2.75, 3.05) is 7.11 Å². The van der Waals surface area contributed by atoms with Gasteiger partial charge < -0.3 is 4.74 Å². The number of ether oxygens (including phenoxy) is 1. The second-order valence-corrected chi connectivity index (χ2v) is 3.22. The minimum atomic E-state index is 0.595. The Morgan fingerprint density at radius 2 is 1.94 bits per heavy atom. The lowest BCUT2D eigenvalue weighted by Crippen LogP contribution is -1.90. The number of methoxy groups -OCH3 is 1. The molecule has 2 rings (SSSR count). The zero-order valence-corrected chi connectivity index (χ0v) is 8.84. The minimum absolute atomic E-state index is 0.595. The smallest absolute Gasteiger partial charge is 0.221 e. The average molecular weight is 210 g/mol. The molecule has 1 heterocycles. The van der Waals surface area contributed by atoms with Gasteiger partial charge in [-0.25, -0.2) is 9.83 Å². The second kappa shape index (κ2) is 4.45. The summed E-state index contributed by atoms with van der Waals surface area (Å²) in [4.78, 5) is 7.48. The fourth-order valence-corrected chi connectivity index (χ4v) is 1.49. The van der Waals surface area contributed by atoms with Crippen LogP contribution in [-0.4, -0.2) is 12.1 Å². The van der Waals surface area contributed by atoms with Gasteiger partial charge in [-0.15, -0.1) is 0 Å². The van der Waals surface area contributed by atoms with Crippen LogP contribution >= 0.6 is 0 Å². The van der Waals surface area contributed by atoms with Crippen LogP contribution in [-0.2, 0) is 0 Å². The third kappa shape index (κ3) is 1.86. The van der Waals surface area contributed by atoms with E-state index in [4.69, 9.17) is 11.3 Å². The Kier molecular flexibility index (Phi) is 2.84. The van der Waals surface area contributed by atoms with Gasteiger partial charge in [0.25, 0.3) is 0 Å². The number of benzene rings is 1. The van der Waals surface area contributed by atoms with E-state index in [1.807, 2.05) is 24.3 Å². The third-order valence-corrected chi connectivity index (χ3v) is 2.27. The molecule has 0 aliphatic rings. The molecule has 0 aliphatic carbocycles. The Balaban J connectivity index is 2.47. The summed E-state index contributed by atoms with van der Waals surface area (Å²) in [7, 11) is 1.60. The first kappa shape index (κ1) is 10.2. The summed E-state index contributed by atoms with van der Waals surface area (Å²) in [5.74, 6) is 0.595. The maximum Gasteiger partial charge on any atom is 0.221 e. The molecule has 3 heteroatoms. The molecule has 1 aromatic heterocycles. The SMILES string of the molecule is [C-]#[N+]c1ccc(-c2cccnc2OC)cc1. The van der Waals surface area contributed by atoms with Crippen LogP contribution < -0.4 is 4.74 Å². The van der Waals surface area contributed by atoms with Gasteiger partial charge in [-0.1, -0.05) is 24.3 Å². The monoisotopic (exact) mass is 210 g/mol. The zero-order chi connectivity index (χ0) is 11.4. The molecule has 16 heavy (non-hydrogen) atoms. The molecule has 1 aromatic carbocycles. The molecule has 0 saturated carbocycles. The Labute approximate surface area is 94.2 Å². The van der Waals surface area contributed by atoms with Crippen molar-refractivity contribution < 1.29 is 4.74 Å². The van der Waals surface area contributed by atoms with Gasteiger partial charge in [0.15, 0.2) is 5.69 Å². The molecule has 0 amide bonds. The minimum Gasteiger partial charge on any atom is -0.481 e. The van der Waals surface area contributed by atoms with Crippen molar-refractivity contribution in [3.63, 3.8) is 0 Å². The highest BCUT2D eigenvalue weighted by atomic mass is 16.5. The summed E-state index contributed by atoms with van der Waals surface area (Å²) in [6.45, 7) is 6.89. The van der Waals surface area contributed by atoms with Crippen molar-refractivity contribution in [2.24, 2.45) is 0 Å². The maximum absolute atomic E-state index is 6.89. The summed E-state index contributed by atoms with van der Waals surface area (Å²) >= 11 is 0. The highest BCUT2D eigenvalue weighted by molar-refractivity contribution is 5.70. The van der Waals surface area contributed by atoms with E-state index in [1.165, 1.54) is 0 Å². The lowest BCUT2D eigenvalue weighted by atomic mass is 10.1. The van der Waals surface area contributed by atoms with E-state index < -0.39 is 0 Å². The van der Waals surface area contributed by atoms with E-state index in [1.54, 1.807) is 25.4 Å². The van der Waals surface area contributed by atoms with Gasteiger partial charge in [-0.05, 0) is 17.7 Å². The Morgan fingerprint density at radius 1 is 1.19 bits per heavy atom. The summed E-state index contributed by atoms with van der Waals surface area (Å²) in [6, 6.07) is 11.2. The van der Waals surface area contributed by atoms with E-state index in [9.17, 15) is 0 Å². The van der Waals surface area contributed by atoms with Crippen molar-refractivity contribution in [3.05, 3.63) is 54.0 Å². The van der Waals surface area contributed by atoms with Gasteiger partial charge >= 0.3 is 0 Å². The highest BCUT2D eigenvalue weighted by Gasteiger charge is 2.05. The van der Waals surface area contributed by atoms with Crippen molar-refractivity contribution >= 4 is 5.69 Å². The van der Waals surface area contributed by atoms with E-state index in [0.717, 1.165) is 11.1 Å². The van der Waals surface area contributed by atoms with Gasteiger partial charge in [0, 0.05) is 11.8 Å². The molecule has 0 saturated heterocycles. The van der Waals surface area contributed by atoms with E-state index in [2.05, 4.69) is 9.83 Å². The number of rotatable bonds is 2. The van der Waals surface area contributed by atoms with Gasteiger partial charge in [0.2, 0.25) is 5.88 Å². The van der Waals surface area contributed by atoms with Crippen LogP contribution in [0.2, 0.25) is 0 Å². The number of hydrogen-bond acceptors (Lipinski definition) is 2. The molecule has 3 nitrogen and oxygen atoms in total. The molecule has 0 aliphatic heterocycles. The Hall–Kier alpha value is -2.34. The van der Waals surface area contributed by atoms with E-state index in [0.29, 0.717) is 11.6 Å². The van der Waals surface area contributed by atoms with Crippen LogP contribution in [0.1, 0.15) is 0 Å². The second-order valence-electron chi connectivity index (χ2n) is 3.22. The van der Waals surface area contributed by atoms with Crippen LogP contribution in [0.5, 0.6) is 5.88 Å². The summed E-state index contributed by atoms with van der Waals surface area (Å²) in [5, 5.41) is 0. The summed E-state index contributed by atoms with van der Waals surface area (Å²) < 4.78 is 5.18. The van der Waals surface area contributed by atoms with Gasteiger partial charge in [-0.2, -0.15) is 0 Å². The molecule has 0 spiro atoms. The molecule has 0 radical (unpaired) electrons. The number of hydrogen-bond donors (Lipinski definition) is 0. The number of aromatic nitrogens is 1. The van der Waals surface area contributed by atoms with Crippen molar-refractivity contribution in [3.8, 4) is 17.0 Å². The molecule has 0 N–H and O–H groups in total. The van der Waals surface area contributed by atoms with Gasteiger partial charge in [-0.3, -0.25) is 0 Å². The lowest BCUT2D eigenvalue weighted by Gasteiger charge is -2.06. The van der Waals surface area contributed by atoms with E-state index >= 15 is 0 Å². The van der Waals surface area contributed by atoms with Crippen molar-refractivity contribution in [1.29, 1.82) is 0 Å². The first-order valence-corrected chi connectivity index (χ1v) is 4.82. The molecule has 2 aromatic rings. The van der Waals surface area contributed by atoms with Crippen LogP contribution in [0, 0.1) is 6.57 Å². The van der Waals surface area contributed by atoms with E-state index in [-0.39, 0.29) is 0 Å². The normalized spacial score (nSPS) is 9.50. The first-order chi connectivity index (χ1) is 7.85. The topological polar surface area (TPSA) is 26.5 Å². The van der Waals surface area contributed by atoms with Crippen LogP contribution in [0.15, 0.2) is 42.6 Å². The lowest BCUT2D eigenvalue weighted by molar-refractivity contribution is 0.399. The third-order valence-electron chi connectivity index (χ3n) is 2.27. The van der Waals surface area contributed by atoms with Gasteiger partial charge in [0.05, 0.1) is 13.7 Å². The first-order valence-electron chi connectivity index (χ1n) is 4.82. The fourth-order valence-electron chi connectivity index (χ4n) is 1.49. The quantitative estimate of drug-likeness (QED) is 0.711. The number of pyridine rings is 1. The molecule has 0 bridgehead atoms. The molecular weight excluding hydrogens is 200 g/mol. The molecule has 0 unspecified atom stereocenters. The zero-order valence-electron chi connectivity index (χ0n) is 8.84. The average Bonchev–Trinajstić information content (AvgIpc) is 2.39. The molecule has 0 fully saturated rings. The van der Waals surface area contributed by atoms with Crippen molar-refractivity contribution in [1.82, 2.24) is 4.98 Å². The van der Waals surface area contributed by atoms with Crippen molar-refractivity contribution in [2.45, 2.75) is 0 Å². The van der Waals surface area contributed by atoms with Gasteiger partial charge in [0.1, 0.15) is 0 Å². The van der Waals surface area contributed by atoms with Crippen LogP contribution in [0.3, 0.4) is 0 Å². The predicted molar refractivity (Wildman–Crippen MR) is 62.5 cm³/mol. The standard InChI is InChI=1S/C13H10N2O/c1-14-11-7-5-10(6-8-11)12-4-3-9-15-13(12)16-2/h3-9H,2H3.